The average molecular weight is 430 g/mol. The van der Waals surface area contributed by atoms with Crippen LogP contribution in [-0.2, 0) is 18.4 Å². The summed E-state index contributed by atoms with van der Waals surface area (Å²) in [6.07, 6.45) is 10.4. The lowest BCUT2D eigenvalue weighted by molar-refractivity contribution is 0.119. The van der Waals surface area contributed by atoms with Gasteiger partial charge in [-0.25, -0.2) is 0 Å². The van der Waals surface area contributed by atoms with Crippen LogP contribution in [0.5, 0.6) is 0 Å². The monoisotopic (exact) mass is 429 g/mol. The van der Waals surface area contributed by atoms with Crippen molar-refractivity contribution in [2.24, 2.45) is 0 Å². The number of hydrogen-bond donors (Lipinski definition) is 1. The molecule has 1 aliphatic heterocycles. The van der Waals surface area contributed by atoms with Crippen molar-refractivity contribution in [2.75, 3.05) is 38.6 Å². The quantitative estimate of drug-likeness (QED) is 0.381. The molecular weight excluding hydrogens is 378 g/mol. The van der Waals surface area contributed by atoms with E-state index in [2.05, 4.69) is 75.8 Å². The zero-order chi connectivity index (χ0) is 23.1. The number of hydrogen-bond acceptors (Lipinski definition) is 3. The average Bonchev–Trinajstić information content (AvgIpc) is 2.73. The van der Waals surface area contributed by atoms with Crippen LogP contribution in [0.15, 0.2) is 12.1 Å². The van der Waals surface area contributed by atoms with E-state index in [4.69, 9.17) is 0 Å². The number of benzene rings is 1. The van der Waals surface area contributed by atoms with Crippen molar-refractivity contribution < 1.29 is 0 Å². The molecule has 0 aliphatic carbocycles. The summed E-state index contributed by atoms with van der Waals surface area (Å²) in [7, 11) is 4.30. The molecule has 0 spiro atoms. The van der Waals surface area contributed by atoms with E-state index in [1.165, 1.54) is 63.6 Å². The number of rotatable bonds is 12. The second kappa shape index (κ2) is 11.7. The fourth-order valence-corrected chi connectivity index (χ4v) is 5.28. The first kappa shape index (κ1) is 26.2. The van der Waals surface area contributed by atoms with Crippen LogP contribution in [0.4, 0.5) is 5.69 Å². The molecule has 1 heterocycles. The molecule has 0 bridgehead atoms. The van der Waals surface area contributed by atoms with E-state index >= 15 is 0 Å². The van der Waals surface area contributed by atoms with Gasteiger partial charge in [0.25, 0.3) is 0 Å². The Morgan fingerprint density at radius 2 is 1.74 bits per heavy atom. The Labute approximate surface area is 194 Å². The Hall–Kier alpha value is -1.06. The van der Waals surface area contributed by atoms with Crippen molar-refractivity contribution >= 4 is 5.69 Å². The number of fused-ring (bicyclic) bond motifs is 1. The van der Waals surface area contributed by atoms with E-state index in [1.807, 2.05) is 7.05 Å². The minimum Gasteiger partial charge on any atom is -0.373 e. The molecule has 2 rings (SSSR count). The molecule has 1 aromatic carbocycles. The van der Waals surface area contributed by atoms with Crippen LogP contribution in [-0.4, -0.2) is 44.2 Å². The Kier molecular flexibility index (Phi) is 9.89. The van der Waals surface area contributed by atoms with E-state index in [9.17, 15) is 0 Å². The second-order valence-electron chi connectivity index (χ2n) is 11.1. The van der Waals surface area contributed by atoms with Gasteiger partial charge in [-0.1, -0.05) is 52.9 Å². The van der Waals surface area contributed by atoms with Gasteiger partial charge in [0.2, 0.25) is 0 Å². The maximum Gasteiger partial charge on any atom is 0.0370 e. The molecule has 0 saturated carbocycles. The molecule has 0 amide bonds. The van der Waals surface area contributed by atoms with Crippen molar-refractivity contribution in [1.82, 2.24) is 10.2 Å². The van der Waals surface area contributed by atoms with Gasteiger partial charge in [0.05, 0.1) is 0 Å². The van der Waals surface area contributed by atoms with E-state index in [1.54, 1.807) is 16.7 Å². The largest absolute Gasteiger partial charge is 0.373 e. The number of unbranched alkanes of at least 4 members (excludes halogenated alkanes) is 3. The zero-order valence-electron chi connectivity index (χ0n) is 22.0. The van der Waals surface area contributed by atoms with Crippen LogP contribution in [0.3, 0.4) is 0 Å². The summed E-state index contributed by atoms with van der Waals surface area (Å²) in [5.74, 6) is 0. The topological polar surface area (TPSA) is 18.5 Å². The minimum absolute atomic E-state index is 0.222. The summed E-state index contributed by atoms with van der Waals surface area (Å²) in [5.41, 5.74) is 6.78. The summed E-state index contributed by atoms with van der Waals surface area (Å²) >= 11 is 0. The third-order valence-electron chi connectivity index (χ3n) is 7.45. The molecule has 1 aromatic rings. The third-order valence-corrected chi connectivity index (χ3v) is 7.45. The number of nitrogens with one attached hydrogen (secondary N) is 1. The number of nitrogens with zero attached hydrogens (tertiary/aromatic N) is 2. The van der Waals surface area contributed by atoms with Gasteiger partial charge in [-0.05, 0) is 81.3 Å². The smallest absolute Gasteiger partial charge is 0.0370 e. The van der Waals surface area contributed by atoms with Crippen LogP contribution in [0.2, 0.25) is 0 Å². The van der Waals surface area contributed by atoms with Crippen molar-refractivity contribution in [3.8, 4) is 0 Å². The lowest BCUT2D eigenvalue weighted by Gasteiger charge is -2.43. The predicted octanol–water partition coefficient (Wildman–Crippen LogP) is 6.53. The fourth-order valence-electron chi connectivity index (χ4n) is 5.28. The first-order valence-corrected chi connectivity index (χ1v) is 12.9. The van der Waals surface area contributed by atoms with Gasteiger partial charge in [-0.3, -0.25) is 4.90 Å². The van der Waals surface area contributed by atoms with Gasteiger partial charge in [0.15, 0.2) is 0 Å². The standard InChI is InChI=1S/C28H51N3/c1-9-11-12-13-16-28(6,15-10-2)26-21-24(30(8)19-17-29-7)20-23-14-18-31(22-25(23)26)27(3,4)5/h20-21,29H,9-19,22H2,1-8H3. The van der Waals surface area contributed by atoms with Crippen LogP contribution in [0.1, 0.15) is 103 Å². The van der Waals surface area contributed by atoms with Crippen LogP contribution in [0.25, 0.3) is 0 Å². The minimum atomic E-state index is 0.222. The molecule has 1 unspecified atom stereocenters. The van der Waals surface area contributed by atoms with Gasteiger partial charge >= 0.3 is 0 Å². The van der Waals surface area contributed by atoms with Gasteiger partial charge in [0, 0.05) is 44.5 Å². The van der Waals surface area contributed by atoms with Crippen LogP contribution < -0.4 is 10.2 Å². The number of likely N-dealkylation sites (N-methyl/N-ethyl adjacent to an activating group) is 2. The van der Waals surface area contributed by atoms with Gasteiger partial charge in [-0.2, -0.15) is 0 Å². The second-order valence-corrected chi connectivity index (χ2v) is 11.1. The Balaban J connectivity index is 2.49. The van der Waals surface area contributed by atoms with Gasteiger partial charge in [0.1, 0.15) is 0 Å². The molecule has 3 heteroatoms. The summed E-state index contributed by atoms with van der Waals surface area (Å²) in [4.78, 5) is 5.13. The molecule has 31 heavy (non-hydrogen) atoms. The Bertz CT molecular complexity index is 676. The molecule has 0 aromatic heterocycles. The van der Waals surface area contributed by atoms with Crippen LogP contribution in [0, 0.1) is 0 Å². The van der Waals surface area contributed by atoms with Crippen LogP contribution >= 0.6 is 0 Å². The third kappa shape index (κ3) is 6.96. The Morgan fingerprint density at radius 1 is 1.00 bits per heavy atom. The molecule has 1 N–H and O–H groups in total. The van der Waals surface area contributed by atoms with Crippen molar-refractivity contribution in [1.29, 1.82) is 0 Å². The lowest BCUT2D eigenvalue weighted by atomic mass is 9.71. The maximum absolute atomic E-state index is 3.31. The molecule has 0 saturated heterocycles. The van der Waals surface area contributed by atoms with Gasteiger partial charge < -0.3 is 10.2 Å². The molecule has 1 aliphatic rings. The molecule has 3 nitrogen and oxygen atoms in total. The fraction of sp³-hybridized carbons (Fsp3) is 0.786. The highest BCUT2D eigenvalue weighted by Crippen LogP contribution is 2.42. The molecule has 178 valence electrons. The molecule has 1 atom stereocenters. The first-order valence-electron chi connectivity index (χ1n) is 12.9. The normalized spacial score (nSPS) is 16.8. The predicted molar refractivity (Wildman–Crippen MR) is 139 cm³/mol. The van der Waals surface area contributed by atoms with Crippen molar-refractivity contribution in [3.63, 3.8) is 0 Å². The van der Waals surface area contributed by atoms with E-state index < -0.39 is 0 Å². The number of anilines is 1. The van der Waals surface area contributed by atoms with E-state index in [0.717, 1.165) is 19.6 Å². The van der Waals surface area contributed by atoms with E-state index in [-0.39, 0.29) is 11.0 Å². The highest BCUT2D eigenvalue weighted by molar-refractivity contribution is 5.57. The van der Waals surface area contributed by atoms with Crippen molar-refractivity contribution in [3.05, 3.63) is 28.8 Å². The maximum atomic E-state index is 3.31. The summed E-state index contributed by atoms with van der Waals surface area (Å²) < 4.78 is 0. The lowest BCUT2D eigenvalue weighted by Crippen LogP contribution is -2.45. The molecule has 0 fully saturated rings. The SMILES string of the molecule is CCCCCCC(C)(CCC)c1cc(N(C)CCNC)cc2c1CN(C(C)(C)C)CC2. The molecule has 0 radical (unpaired) electrons. The van der Waals surface area contributed by atoms with Gasteiger partial charge in [-0.15, -0.1) is 0 Å². The molecular formula is C28H51N3. The summed E-state index contributed by atoms with van der Waals surface area (Å²) in [6.45, 7) is 18.7. The van der Waals surface area contributed by atoms with Crippen molar-refractivity contribution in [2.45, 2.75) is 110 Å². The summed E-state index contributed by atoms with van der Waals surface area (Å²) in [6, 6.07) is 5.06. The Morgan fingerprint density at radius 3 is 2.35 bits per heavy atom. The first-order chi connectivity index (χ1) is 14.7. The summed E-state index contributed by atoms with van der Waals surface area (Å²) in [5, 5.41) is 3.31. The van der Waals surface area contributed by atoms with E-state index in [0.29, 0.717) is 0 Å². The highest BCUT2D eigenvalue weighted by Gasteiger charge is 2.34. The highest BCUT2D eigenvalue weighted by atomic mass is 15.2. The zero-order valence-corrected chi connectivity index (χ0v) is 22.0.